The Kier molecular flexibility index (Phi) is 5.99. The van der Waals surface area contributed by atoms with Crippen LogP contribution in [0.25, 0.3) is 0 Å². The van der Waals surface area contributed by atoms with E-state index in [0.29, 0.717) is 38.5 Å². The summed E-state index contributed by atoms with van der Waals surface area (Å²) in [6.07, 6.45) is 5.93. The summed E-state index contributed by atoms with van der Waals surface area (Å²) in [6, 6.07) is 3.89. The van der Waals surface area contributed by atoms with Crippen LogP contribution in [-0.2, 0) is 25.9 Å². The zero-order valence-corrected chi connectivity index (χ0v) is 16.9. The number of rotatable bonds is 5. The number of sulfone groups is 1. The minimum Gasteiger partial charge on any atom is -0.381 e. The van der Waals surface area contributed by atoms with Crippen LogP contribution in [0.4, 0.5) is 0 Å². The largest absolute Gasteiger partial charge is 0.381 e. The Bertz CT molecular complexity index is 780. The molecule has 0 bridgehead atoms. The van der Waals surface area contributed by atoms with E-state index in [1.165, 1.54) is 0 Å². The molecule has 154 valence electrons. The molecule has 7 nitrogen and oxygen atoms in total. The first kappa shape index (κ1) is 19.8. The van der Waals surface area contributed by atoms with E-state index in [0.717, 1.165) is 31.6 Å². The molecular formula is C20H29N3O4S. The molecule has 1 N–H and O–H groups in total. The van der Waals surface area contributed by atoms with Gasteiger partial charge in [0.15, 0.2) is 9.84 Å². The molecule has 3 aliphatic rings. The third kappa shape index (κ3) is 4.39. The Morgan fingerprint density at radius 2 is 2.07 bits per heavy atom. The summed E-state index contributed by atoms with van der Waals surface area (Å²) in [4.78, 5) is 19.2. The van der Waals surface area contributed by atoms with Gasteiger partial charge in [-0.3, -0.25) is 14.7 Å². The summed E-state index contributed by atoms with van der Waals surface area (Å²) in [5.74, 6) is 0.271. The van der Waals surface area contributed by atoms with Crippen LogP contribution in [0.3, 0.4) is 0 Å². The molecule has 3 aliphatic heterocycles. The second kappa shape index (κ2) is 8.47. The van der Waals surface area contributed by atoms with Crippen molar-refractivity contribution < 1.29 is 17.9 Å². The van der Waals surface area contributed by atoms with Gasteiger partial charge in [0, 0.05) is 63.6 Å². The van der Waals surface area contributed by atoms with Crippen molar-refractivity contribution in [2.45, 2.75) is 31.1 Å². The molecule has 0 spiro atoms. The third-order valence-electron chi connectivity index (χ3n) is 6.45. The van der Waals surface area contributed by atoms with E-state index >= 15 is 0 Å². The summed E-state index contributed by atoms with van der Waals surface area (Å²) in [7, 11) is -3.14. The molecule has 8 heteroatoms. The SMILES string of the molecule is O=C(NCC1CCOCC1)[C@@H]1CCS(=O)(=O)[C@@H]2CN(Cc3cccnc3)C[C@@H]21. The van der Waals surface area contributed by atoms with Crippen molar-refractivity contribution in [2.24, 2.45) is 17.8 Å². The van der Waals surface area contributed by atoms with E-state index in [-0.39, 0.29) is 23.5 Å². The average molecular weight is 408 g/mol. The van der Waals surface area contributed by atoms with E-state index in [9.17, 15) is 13.2 Å². The number of carbonyl (C=O) groups is 1. The van der Waals surface area contributed by atoms with Crippen LogP contribution < -0.4 is 5.32 Å². The van der Waals surface area contributed by atoms with Gasteiger partial charge in [0.2, 0.25) is 5.91 Å². The number of hydrogen-bond acceptors (Lipinski definition) is 6. The van der Waals surface area contributed by atoms with Crippen molar-refractivity contribution in [3.8, 4) is 0 Å². The lowest BCUT2D eigenvalue weighted by Gasteiger charge is -2.32. The lowest BCUT2D eigenvalue weighted by atomic mass is 9.87. The molecule has 0 saturated carbocycles. The van der Waals surface area contributed by atoms with Crippen LogP contribution in [0.5, 0.6) is 0 Å². The molecule has 1 amide bonds. The topological polar surface area (TPSA) is 88.6 Å². The van der Waals surface area contributed by atoms with Crippen molar-refractivity contribution in [3.63, 3.8) is 0 Å². The molecule has 3 saturated heterocycles. The van der Waals surface area contributed by atoms with E-state index in [4.69, 9.17) is 4.74 Å². The van der Waals surface area contributed by atoms with Crippen molar-refractivity contribution in [1.82, 2.24) is 15.2 Å². The van der Waals surface area contributed by atoms with Gasteiger partial charge in [-0.25, -0.2) is 8.42 Å². The zero-order chi connectivity index (χ0) is 19.6. The Balaban J connectivity index is 1.40. The van der Waals surface area contributed by atoms with E-state index in [1.54, 1.807) is 6.20 Å². The zero-order valence-electron chi connectivity index (χ0n) is 16.1. The fraction of sp³-hybridized carbons (Fsp3) is 0.700. The van der Waals surface area contributed by atoms with Crippen LogP contribution in [-0.4, -0.2) is 68.1 Å². The van der Waals surface area contributed by atoms with Crippen LogP contribution in [0.1, 0.15) is 24.8 Å². The van der Waals surface area contributed by atoms with Gasteiger partial charge in [-0.15, -0.1) is 0 Å². The minimum atomic E-state index is -3.14. The third-order valence-corrected chi connectivity index (χ3v) is 8.67. The monoisotopic (exact) mass is 407 g/mol. The number of hydrogen-bond donors (Lipinski definition) is 1. The number of pyridine rings is 1. The maximum absolute atomic E-state index is 12.9. The van der Waals surface area contributed by atoms with Crippen molar-refractivity contribution in [2.75, 3.05) is 38.6 Å². The number of nitrogens with zero attached hydrogens (tertiary/aromatic N) is 2. The highest BCUT2D eigenvalue weighted by Gasteiger charge is 2.50. The van der Waals surface area contributed by atoms with Gasteiger partial charge in [0.25, 0.3) is 0 Å². The first-order valence-electron chi connectivity index (χ1n) is 10.2. The molecule has 3 atom stereocenters. The van der Waals surface area contributed by atoms with E-state index in [1.807, 2.05) is 18.3 Å². The molecule has 3 fully saturated rings. The smallest absolute Gasteiger partial charge is 0.223 e. The molecule has 0 aromatic carbocycles. The normalized spacial score (nSPS) is 30.6. The van der Waals surface area contributed by atoms with E-state index in [2.05, 4.69) is 15.2 Å². The summed E-state index contributed by atoms with van der Waals surface area (Å²) in [5.41, 5.74) is 1.07. The molecule has 0 aliphatic carbocycles. The molecule has 0 unspecified atom stereocenters. The maximum Gasteiger partial charge on any atom is 0.223 e. The highest BCUT2D eigenvalue weighted by Crippen LogP contribution is 2.37. The van der Waals surface area contributed by atoms with Crippen molar-refractivity contribution in [3.05, 3.63) is 30.1 Å². The van der Waals surface area contributed by atoms with Gasteiger partial charge in [-0.05, 0) is 36.8 Å². The fourth-order valence-electron chi connectivity index (χ4n) is 4.83. The average Bonchev–Trinajstić information content (AvgIpc) is 3.13. The summed E-state index contributed by atoms with van der Waals surface area (Å²) in [6.45, 7) is 4.02. The summed E-state index contributed by atoms with van der Waals surface area (Å²) < 4.78 is 30.7. The van der Waals surface area contributed by atoms with E-state index < -0.39 is 15.1 Å². The number of ether oxygens (including phenoxy) is 1. The fourth-order valence-corrected chi connectivity index (χ4v) is 6.97. The Morgan fingerprint density at radius 1 is 1.25 bits per heavy atom. The first-order chi connectivity index (χ1) is 13.5. The standard InChI is InChI=1S/C20H29N3O4S/c24-20(22-11-15-3-7-27-8-4-15)17-5-9-28(25,26)19-14-23(13-18(17)19)12-16-2-1-6-21-10-16/h1-2,6,10,15,17-19H,3-5,7-9,11-14H2,(H,22,24)/t17-,18-,19-/m1/s1. The molecular weight excluding hydrogens is 378 g/mol. The van der Waals surface area contributed by atoms with Gasteiger partial charge in [0.05, 0.1) is 11.0 Å². The maximum atomic E-state index is 12.9. The minimum absolute atomic E-state index is 0.0274. The summed E-state index contributed by atoms with van der Waals surface area (Å²) >= 11 is 0. The van der Waals surface area contributed by atoms with Gasteiger partial charge < -0.3 is 10.1 Å². The number of likely N-dealkylation sites (tertiary alicyclic amines) is 1. The van der Waals surface area contributed by atoms with Gasteiger partial charge >= 0.3 is 0 Å². The molecule has 1 aromatic heterocycles. The lowest BCUT2D eigenvalue weighted by molar-refractivity contribution is -0.127. The highest BCUT2D eigenvalue weighted by molar-refractivity contribution is 7.92. The second-order valence-electron chi connectivity index (χ2n) is 8.32. The van der Waals surface area contributed by atoms with Crippen LogP contribution >= 0.6 is 0 Å². The van der Waals surface area contributed by atoms with Crippen LogP contribution in [0, 0.1) is 17.8 Å². The second-order valence-corrected chi connectivity index (χ2v) is 10.7. The van der Waals surface area contributed by atoms with Gasteiger partial charge in [-0.2, -0.15) is 0 Å². The number of nitrogens with one attached hydrogen (secondary N) is 1. The number of fused-ring (bicyclic) bond motifs is 1. The van der Waals surface area contributed by atoms with Crippen LogP contribution in [0.15, 0.2) is 24.5 Å². The predicted molar refractivity (Wildman–Crippen MR) is 105 cm³/mol. The van der Waals surface area contributed by atoms with Crippen molar-refractivity contribution in [1.29, 1.82) is 0 Å². The quantitative estimate of drug-likeness (QED) is 0.779. The molecule has 1 aromatic rings. The number of amides is 1. The Morgan fingerprint density at radius 3 is 2.82 bits per heavy atom. The number of carbonyl (C=O) groups excluding carboxylic acids is 1. The van der Waals surface area contributed by atoms with Crippen molar-refractivity contribution >= 4 is 15.7 Å². The van der Waals surface area contributed by atoms with Gasteiger partial charge in [-0.1, -0.05) is 6.07 Å². The molecule has 4 heterocycles. The first-order valence-corrected chi connectivity index (χ1v) is 11.9. The van der Waals surface area contributed by atoms with Crippen LogP contribution in [0.2, 0.25) is 0 Å². The predicted octanol–water partition coefficient (Wildman–Crippen LogP) is 0.860. The van der Waals surface area contributed by atoms with Gasteiger partial charge in [0.1, 0.15) is 0 Å². The Hall–Kier alpha value is -1.51. The molecule has 0 radical (unpaired) electrons. The molecule has 4 rings (SSSR count). The Labute approximate surface area is 166 Å². The highest BCUT2D eigenvalue weighted by atomic mass is 32.2. The molecule has 28 heavy (non-hydrogen) atoms. The summed E-state index contributed by atoms with van der Waals surface area (Å²) in [5, 5.41) is 2.68. The lowest BCUT2D eigenvalue weighted by Crippen LogP contribution is -2.48. The number of aromatic nitrogens is 1.